The number of hydrogen-bond donors (Lipinski definition) is 0. The van der Waals surface area contributed by atoms with Crippen molar-refractivity contribution in [2.24, 2.45) is 0 Å². The Morgan fingerprint density at radius 1 is 1.29 bits per heavy atom. The largest absolute Gasteiger partial charge is 0.293 e. The zero-order chi connectivity index (χ0) is 10.6. The highest BCUT2D eigenvalue weighted by Gasteiger charge is 2.18. The van der Waals surface area contributed by atoms with Crippen LogP contribution < -0.4 is 0 Å². The van der Waals surface area contributed by atoms with Crippen LogP contribution in [0.5, 0.6) is 0 Å². The predicted octanol–water partition coefficient (Wildman–Crippen LogP) is 3.49. The van der Waals surface area contributed by atoms with Gasteiger partial charge < -0.3 is 0 Å². The van der Waals surface area contributed by atoms with Crippen molar-refractivity contribution in [3.63, 3.8) is 0 Å². The van der Waals surface area contributed by atoms with Crippen molar-refractivity contribution in [1.82, 2.24) is 0 Å². The molecule has 1 aromatic carbocycles. The topological polar surface area (TPSA) is 17.1 Å². The van der Waals surface area contributed by atoms with Gasteiger partial charge in [0.05, 0.1) is 5.38 Å². The molecule has 0 aliphatic rings. The lowest BCUT2D eigenvalue weighted by atomic mass is 10.1. The lowest BCUT2D eigenvalue weighted by molar-refractivity contribution is 0.0984. The van der Waals surface area contributed by atoms with E-state index in [4.69, 9.17) is 23.2 Å². The average molecular weight is 231 g/mol. The smallest absolute Gasteiger partial charge is 0.180 e. The van der Waals surface area contributed by atoms with Gasteiger partial charge in [0.2, 0.25) is 0 Å². The van der Waals surface area contributed by atoms with Crippen LogP contribution in [-0.2, 0) is 0 Å². The Balaban J connectivity index is 2.66. The quantitative estimate of drug-likeness (QED) is 0.572. The van der Waals surface area contributed by atoms with Gasteiger partial charge in [-0.3, -0.25) is 4.79 Å². The number of carbonyl (C=O) groups is 1. The van der Waals surface area contributed by atoms with E-state index < -0.39 is 5.38 Å². The van der Waals surface area contributed by atoms with Crippen LogP contribution in [0.3, 0.4) is 0 Å². The van der Waals surface area contributed by atoms with Gasteiger partial charge in [-0.25, -0.2) is 0 Å². The summed E-state index contributed by atoms with van der Waals surface area (Å²) in [5, 5.41) is -0.602. The van der Waals surface area contributed by atoms with E-state index in [1.165, 1.54) is 0 Å². The minimum atomic E-state index is -0.523. The standard InChI is InChI=1S/C11H12Cl2O/c1-8(12)7-10(13)11(14)9-5-3-2-4-6-9/h2-6,8,10H,7H2,1H3/t8-,10+/m0/s1. The van der Waals surface area contributed by atoms with Crippen molar-refractivity contribution in [3.8, 4) is 0 Å². The zero-order valence-corrected chi connectivity index (χ0v) is 9.42. The first kappa shape index (κ1) is 11.5. The predicted molar refractivity (Wildman–Crippen MR) is 60.3 cm³/mol. The Morgan fingerprint density at radius 3 is 2.36 bits per heavy atom. The fourth-order valence-corrected chi connectivity index (χ4v) is 1.84. The summed E-state index contributed by atoms with van der Waals surface area (Å²) in [6, 6.07) is 9.03. The van der Waals surface area contributed by atoms with Crippen LogP contribution in [0.25, 0.3) is 0 Å². The molecule has 0 aliphatic carbocycles. The van der Waals surface area contributed by atoms with E-state index in [1.807, 2.05) is 25.1 Å². The molecule has 0 aliphatic heterocycles. The van der Waals surface area contributed by atoms with Crippen LogP contribution in [-0.4, -0.2) is 16.5 Å². The first-order valence-electron chi connectivity index (χ1n) is 4.48. The van der Waals surface area contributed by atoms with Crippen molar-refractivity contribution in [3.05, 3.63) is 35.9 Å². The van der Waals surface area contributed by atoms with Gasteiger partial charge in [0.25, 0.3) is 0 Å². The van der Waals surface area contributed by atoms with Crippen LogP contribution >= 0.6 is 23.2 Å². The molecular weight excluding hydrogens is 219 g/mol. The van der Waals surface area contributed by atoms with Gasteiger partial charge in [-0.05, 0) is 13.3 Å². The normalized spacial score (nSPS) is 14.8. The summed E-state index contributed by atoms with van der Waals surface area (Å²) >= 11 is 11.7. The van der Waals surface area contributed by atoms with Gasteiger partial charge in [-0.15, -0.1) is 23.2 Å². The summed E-state index contributed by atoms with van der Waals surface area (Å²) in [4.78, 5) is 11.7. The first-order chi connectivity index (χ1) is 6.61. The third kappa shape index (κ3) is 3.32. The second kappa shape index (κ2) is 5.38. The lowest BCUT2D eigenvalue weighted by Gasteiger charge is -2.09. The molecule has 0 N–H and O–H groups in total. The van der Waals surface area contributed by atoms with E-state index in [0.717, 1.165) is 0 Å². The molecular formula is C11H12Cl2O. The van der Waals surface area contributed by atoms with Crippen LogP contribution in [0.2, 0.25) is 0 Å². The molecule has 0 heterocycles. The third-order valence-electron chi connectivity index (χ3n) is 1.87. The summed E-state index contributed by atoms with van der Waals surface area (Å²) in [6.07, 6.45) is 0.497. The molecule has 0 aromatic heterocycles. The molecule has 0 radical (unpaired) electrons. The summed E-state index contributed by atoms with van der Waals surface area (Å²) in [5.41, 5.74) is 0.643. The number of benzene rings is 1. The van der Waals surface area contributed by atoms with Gasteiger partial charge in [0, 0.05) is 10.9 Å². The molecule has 76 valence electrons. The highest BCUT2D eigenvalue weighted by molar-refractivity contribution is 6.34. The Bertz CT molecular complexity index is 295. The fourth-order valence-electron chi connectivity index (χ4n) is 1.18. The Hall–Kier alpha value is -0.530. The molecule has 3 heteroatoms. The summed E-state index contributed by atoms with van der Waals surface area (Å²) in [6.45, 7) is 1.83. The monoisotopic (exact) mass is 230 g/mol. The third-order valence-corrected chi connectivity index (χ3v) is 2.43. The minimum Gasteiger partial charge on any atom is -0.293 e. The zero-order valence-electron chi connectivity index (χ0n) is 7.91. The first-order valence-corrected chi connectivity index (χ1v) is 5.36. The van der Waals surface area contributed by atoms with Crippen LogP contribution in [0.15, 0.2) is 30.3 Å². The van der Waals surface area contributed by atoms with Crippen molar-refractivity contribution >= 4 is 29.0 Å². The lowest BCUT2D eigenvalue weighted by Crippen LogP contribution is -2.17. The molecule has 0 saturated carbocycles. The molecule has 0 unspecified atom stereocenters. The maximum Gasteiger partial charge on any atom is 0.180 e. The molecule has 14 heavy (non-hydrogen) atoms. The van der Waals surface area contributed by atoms with E-state index >= 15 is 0 Å². The summed E-state index contributed by atoms with van der Waals surface area (Å²) in [7, 11) is 0. The van der Waals surface area contributed by atoms with Gasteiger partial charge in [0.15, 0.2) is 5.78 Å². The molecule has 0 amide bonds. The van der Waals surface area contributed by atoms with Crippen molar-refractivity contribution < 1.29 is 4.79 Å². The van der Waals surface area contributed by atoms with Crippen LogP contribution in [0, 0.1) is 0 Å². The minimum absolute atomic E-state index is 0.0558. The van der Waals surface area contributed by atoms with E-state index in [-0.39, 0.29) is 11.2 Å². The van der Waals surface area contributed by atoms with Crippen LogP contribution in [0.1, 0.15) is 23.7 Å². The number of hydrogen-bond acceptors (Lipinski definition) is 1. The Labute approximate surface area is 94.0 Å². The van der Waals surface area contributed by atoms with Gasteiger partial charge in [0.1, 0.15) is 0 Å². The number of Topliss-reactive ketones (excluding diaryl/α,β-unsaturated/α-hetero) is 1. The highest BCUT2D eigenvalue weighted by Crippen LogP contribution is 2.15. The summed E-state index contributed by atoms with van der Waals surface area (Å²) < 4.78 is 0. The SMILES string of the molecule is C[C@H](Cl)C[C@@H](Cl)C(=O)c1ccccc1. The highest BCUT2D eigenvalue weighted by atomic mass is 35.5. The number of ketones is 1. The molecule has 0 fully saturated rings. The Morgan fingerprint density at radius 2 is 1.86 bits per heavy atom. The molecule has 1 nitrogen and oxygen atoms in total. The second-order valence-corrected chi connectivity index (χ2v) is 4.49. The van der Waals surface area contributed by atoms with Crippen molar-refractivity contribution in [2.45, 2.75) is 24.1 Å². The number of halogens is 2. The van der Waals surface area contributed by atoms with E-state index in [9.17, 15) is 4.79 Å². The molecule has 0 bridgehead atoms. The van der Waals surface area contributed by atoms with E-state index in [1.54, 1.807) is 12.1 Å². The maximum atomic E-state index is 11.7. The van der Waals surface area contributed by atoms with Crippen LogP contribution in [0.4, 0.5) is 0 Å². The van der Waals surface area contributed by atoms with Gasteiger partial charge in [-0.2, -0.15) is 0 Å². The van der Waals surface area contributed by atoms with Crippen molar-refractivity contribution in [2.75, 3.05) is 0 Å². The van der Waals surface area contributed by atoms with E-state index in [2.05, 4.69) is 0 Å². The number of alkyl halides is 2. The molecule has 0 spiro atoms. The van der Waals surface area contributed by atoms with E-state index in [0.29, 0.717) is 12.0 Å². The molecule has 1 aromatic rings. The van der Waals surface area contributed by atoms with Gasteiger partial charge >= 0.3 is 0 Å². The number of carbonyl (C=O) groups excluding carboxylic acids is 1. The number of rotatable bonds is 4. The van der Waals surface area contributed by atoms with Crippen molar-refractivity contribution in [1.29, 1.82) is 0 Å². The summed E-state index contributed by atoms with van der Waals surface area (Å²) in [5.74, 6) is -0.0558. The molecule has 1 rings (SSSR count). The maximum absolute atomic E-state index is 11.7. The molecule has 2 atom stereocenters. The Kier molecular flexibility index (Phi) is 4.43. The van der Waals surface area contributed by atoms with Gasteiger partial charge in [-0.1, -0.05) is 30.3 Å². The second-order valence-electron chi connectivity index (χ2n) is 3.21. The fraction of sp³-hybridized carbons (Fsp3) is 0.364. The average Bonchev–Trinajstić information content (AvgIpc) is 2.17. The molecule has 0 saturated heterocycles.